The van der Waals surface area contributed by atoms with Crippen LogP contribution in [0.2, 0.25) is 0 Å². The van der Waals surface area contributed by atoms with E-state index in [1.165, 1.54) is 12.1 Å². The van der Waals surface area contributed by atoms with E-state index in [0.717, 1.165) is 6.21 Å². The maximum atomic E-state index is 11.5. The third-order valence-corrected chi connectivity index (χ3v) is 2.84. The van der Waals surface area contributed by atoms with Gasteiger partial charge >= 0.3 is 0 Å². The Labute approximate surface area is 125 Å². The number of nitrogens with one attached hydrogen (secondary N) is 1. The highest BCUT2D eigenvalue weighted by Gasteiger charge is 2.34. The molecule has 0 aliphatic rings. The largest absolute Gasteiger partial charge is 0.507 e. The van der Waals surface area contributed by atoms with Crippen LogP contribution in [0, 0.1) is 0 Å². The van der Waals surface area contributed by atoms with Gasteiger partial charge in [-0.1, -0.05) is 12.1 Å². The second kappa shape index (κ2) is 8.41. The molecule has 1 rings (SSSR count). The van der Waals surface area contributed by atoms with Gasteiger partial charge in [0.2, 0.25) is 0 Å². The van der Waals surface area contributed by atoms with Gasteiger partial charge in [-0.3, -0.25) is 4.79 Å². The van der Waals surface area contributed by atoms with Crippen molar-refractivity contribution in [1.29, 1.82) is 0 Å². The van der Waals surface area contributed by atoms with Crippen LogP contribution in [0.4, 0.5) is 0 Å². The molecule has 0 spiro atoms. The maximum absolute atomic E-state index is 11.5. The molecule has 0 aliphatic heterocycles. The number of aliphatic hydroxyl groups is 5. The summed E-state index contributed by atoms with van der Waals surface area (Å²) in [5.41, 5.74) is 2.22. The van der Waals surface area contributed by atoms with Crippen molar-refractivity contribution in [2.24, 2.45) is 5.10 Å². The summed E-state index contributed by atoms with van der Waals surface area (Å²) in [6.45, 7) is -0.849. The molecule has 0 saturated carbocycles. The number of hydrazone groups is 1. The monoisotopic (exact) mass is 314 g/mol. The molecule has 0 radical (unpaired) electrons. The number of hydrogen-bond acceptors (Lipinski definition) is 8. The van der Waals surface area contributed by atoms with E-state index in [4.69, 9.17) is 10.2 Å². The number of nitrogens with zero attached hydrogens (tertiary/aromatic N) is 1. The van der Waals surface area contributed by atoms with Crippen molar-refractivity contribution in [1.82, 2.24) is 5.43 Å². The van der Waals surface area contributed by atoms with E-state index in [2.05, 4.69) is 5.10 Å². The average Bonchev–Trinajstić information content (AvgIpc) is 2.53. The SMILES string of the molecule is O=C(NN=Cc1ccccc1O)[C@@H](O)[C@H](O)[C@H](O)[C@H](O)CO. The van der Waals surface area contributed by atoms with Gasteiger partial charge in [0.1, 0.15) is 24.1 Å². The molecule has 1 amide bonds. The molecule has 122 valence electrons. The minimum Gasteiger partial charge on any atom is -0.507 e. The number of phenolic OH excluding ortho intramolecular Hbond substituents is 1. The second-order valence-electron chi connectivity index (χ2n) is 4.47. The highest BCUT2D eigenvalue weighted by molar-refractivity contribution is 5.86. The number of phenols is 1. The van der Waals surface area contributed by atoms with Crippen molar-refractivity contribution in [2.45, 2.75) is 24.4 Å². The number of carbonyl (C=O) groups excluding carboxylic acids is 1. The first-order chi connectivity index (χ1) is 10.4. The molecule has 0 unspecified atom stereocenters. The fourth-order valence-electron chi connectivity index (χ4n) is 1.51. The predicted octanol–water partition coefficient (Wildman–Crippen LogP) is -2.72. The van der Waals surface area contributed by atoms with Crippen LogP contribution in [-0.4, -0.2) is 73.8 Å². The standard InChI is InChI=1S/C13H18N2O7/c16-6-9(18)10(19)11(20)12(21)13(22)15-14-5-7-3-1-2-4-8(7)17/h1-5,9-12,16-21H,6H2,(H,15,22)/t9-,10-,11-,12+/m1/s1. The van der Waals surface area contributed by atoms with Gasteiger partial charge in [-0.05, 0) is 12.1 Å². The summed E-state index contributed by atoms with van der Waals surface area (Å²) in [5.74, 6) is -1.20. The summed E-state index contributed by atoms with van der Waals surface area (Å²) in [4.78, 5) is 11.5. The zero-order valence-corrected chi connectivity index (χ0v) is 11.4. The lowest BCUT2D eigenvalue weighted by molar-refractivity contribution is -0.148. The Balaban J connectivity index is 2.59. The number of rotatable bonds is 7. The molecule has 22 heavy (non-hydrogen) atoms. The molecule has 0 aromatic heterocycles. The molecule has 1 aromatic rings. The van der Waals surface area contributed by atoms with Gasteiger partial charge in [-0.25, -0.2) is 5.43 Å². The lowest BCUT2D eigenvalue weighted by Crippen LogP contribution is -2.50. The van der Waals surface area contributed by atoms with Crippen molar-refractivity contribution in [2.75, 3.05) is 6.61 Å². The molecule has 0 bridgehead atoms. The number of benzene rings is 1. The van der Waals surface area contributed by atoms with Crippen LogP contribution in [0.1, 0.15) is 5.56 Å². The predicted molar refractivity (Wildman–Crippen MR) is 75.0 cm³/mol. The van der Waals surface area contributed by atoms with Gasteiger partial charge in [0.05, 0.1) is 12.8 Å². The van der Waals surface area contributed by atoms with Crippen LogP contribution < -0.4 is 5.43 Å². The van der Waals surface area contributed by atoms with Crippen LogP contribution in [0.3, 0.4) is 0 Å². The first-order valence-electron chi connectivity index (χ1n) is 6.32. The highest BCUT2D eigenvalue weighted by Crippen LogP contribution is 2.12. The molecule has 1 aromatic carbocycles. The maximum Gasteiger partial charge on any atom is 0.271 e. The van der Waals surface area contributed by atoms with Gasteiger partial charge in [-0.15, -0.1) is 0 Å². The van der Waals surface area contributed by atoms with E-state index >= 15 is 0 Å². The number of aromatic hydroxyl groups is 1. The normalized spacial score (nSPS) is 17.0. The van der Waals surface area contributed by atoms with E-state index in [0.29, 0.717) is 5.56 Å². The Morgan fingerprint density at radius 3 is 2.41 bits per heavy atom. The fraction of sp³-hybridized carbons (Fsp3) is 0.385. The Kier molecular flexibility index (Phi) is 6.89. The van der Waals surface area contributed by atoms with Crippen molar-refractivity contribution in [3.05, 3.63) is 29.8 Å². The summed E-state index contributed by atoms with van der Waals surface area (Å²) in [6.07, 6.45) is -6.58. The van der Waals surface area contributed by atoms with Crippen molar-refractivity contribution >= 4 is 12.1 Å². The number of para-hydroxylation sites is 1. The van der Waals surface area contributed by atoms with E-state index in [9.17, 15) is 25.2 Å². The Bertz CT molecular complexity index is 523. The number of hydrogen-bond donors (Lipinski definition) is 7. The summed E-state index contributed by atoms with van der Waals surface area (Å²) in [7, 11) is 0. The van der Waals surface area contributed by atoms with Crippen molar-refractivity contribution in [3.8, 4) is 5.75 Å². The number of carbonyl (C=O) groups is 1. The van der Waals surface area contributed by atoms with Gasteiger partial charge in [0.25, 0.3) is 5.91 Å². The first kappa shape index (κ1) is 18.0. The topological polar surface area (TPSA) is 163 Å². The minimum atomic E-state index is -2.07. The van der Waals surface area contributed by atoms with E-state index in [1.54, 1.807) is 12.1 Å². The molecular weight excluding hydrogens is 296 g/mol. The first-order valence-corrected chi connectivity index (χ1v) is 6.32. The van der Waals surface area contributed by atoms with Crippen LogP contribution in [-0.2, 0) is 4.79 Å². The summed E-state index contributed by atoms with van der Waals surface area (Å²) in [6, 6.07) is 6.17. The fourth-order valence-corrected chi connectivity index (χ4v) is 1.51. The van der Waals surface area contributed by atoms with E-state index in [1.807, 2.05) is 5.43 Å². The third-order valence-electron chi connectivity index (χ3n) is 2.84. The van der Waals surface area contributed by atoms with Gasteiger partial charge in [0, 0.05) is 5.56 Å². The Morgan fingerprint density at radius 2 is 1.82 bits per heavy atom. The van der Waals surface area contributed by atoms with Crippen LogP contribution in [0.15, 0.2) is 29.4 Å². The number of aliphatic hydroxyl groups excluding tert-OH is 5. The van der Waals surface area contributed by atoms with Crippen molar-refractivity contribution < 1.29 is 35.4 Å². The van der Waals surface area contributed by atoms with Gasteiger partial charge in [-0.2, -0.15) is 5.10 Å². The van der Waals surface area contributed by atoms with Crippen molar-refractivity contribution in [3.63, 3.8) is 0 Å². The van der Waals surface area contributed by atoms with Gasteiger partial charge < -0.3 is 30.6 Å². The lowest BCUT2D eigenvalue weighted by Gasteiger charge is -2.24. The van der Waals surface area contributed by atoms with E-state index < -0.39 is 36.9 Å². The highest BCUT2D eigenvalue weighted by atomic mass is 16.4. The lowest BCUT2D eigenvalue weighted by atomic mass is 10.0. The van der Waals surface area contributed by atoms with Crippen LogP contribution in [0.25, 0.3) is 0 Å². The molecule has 4 atom stereocenters. The summed E-state index contributed by atoms with van der Waals surface area (Å²) < 4.78 is 0. The summed E-state index contributed by atoms with van der Waals surface area (Å²) >= 11 is 0. The zero-order valence-electron chi connectivity index (χ0n) is 11.4. The third kappa shape index (κ3) is 4.76. The number of amides is 1. The quantitative estimate of drug-likeness (QED) is 0.212. The van der Waals surface area contributed by atoms with Crippen LogP contribution >= 0.6 is 0 Å². The smallest absolute Gasteiger partial charge is 0.271 e. The average molecular weight is 314 g/mol. The van der Waals surface area contributed by atoms with Gasteiger partial charge in [0.15, 0.2) is 6.10 Å². The molecular formula is C13H18N2O7. The molecule has 9 heteroatoms. The van der Waals surface area contributed by atoms with E-state index in [-0.39, 0.29) is 5.75 Å². The second-order valence-corrected chi connectivity index (χ2v) is 4.47. The van der Waals surface area contributed by atoms with Crippen LogP contribution in [0.5, 0.6) is 5.75 Å². The zero-order chi connectivity index (χ0) is 16.7. The minimum absolute atomic E-state index is 0.0671. The molecule has 0 aliphatic carbocycles. The Morgan fingerprint density at radius 1 is 1.18 bits per heavy atom. The molecule has 0 saturated heterocycles. The molecule has 0 heterocycles. The molecule has 7 N–H and O–H groups in total. The molecule has 0 fully saturated rings. The Hall–Kier alpha value is -2.04. The molecule has 9 nitrogen and oxygen atoms in total. The summed E-state index contributed by atoms with van der Waals surface area (Å²) in [5, 5.41) is 59.1.